The molecule has 0 saturated heterocycles. The zero-order valence-corrected chi connectivity index (χ0v) is 15.9. The number of rotatable bonds is 5. The largest absolute Gasteiger partial charge is 0.481 e. The van der Waals surface area contributed by atoms with Crippen molar-refractivity contribution in [2.75, 3.05) is 0 Å². The quantitative estimate of drug-likeness (QED) is 0.523. The Morgan fingerprint density at radius 3 is 2.78 bits per heavy atom. The fourth-order valence-electron chi connectivity index (χ4n) is 3.69. The van der Waals surface area contributed by atoms with Crippen LogP contribution >= 0.6 is 11.3 Å². The van der Waals surface area contributed by atoms with E-state index in [2.05, 4.69) is 4.57 Å². The Morgan fingerprint density at radius 1 is 1.26 bits per heavy atom. The molecule has 0 saturated carbocycles. The number of thiophene rings is 1. The number of aliphatic carboxylic acids is 1. The summed E-state index contributed by atoms with van der Waals surface area (Å²) in [6.45, 7) is 4.62. The van der Waals surface area contributed by atoms with E-state index in [1.165, 1.54) is 0 Å². The fraction of sp³-hybridized carbons (Fsp3) is 0.190. The van der Waals surface area contributed by atoms with E-state index in [1.807, 2.05) is 60.2 Å². The lowest BCUT2D eigenvalue weighted by Crippen LogP contribution is -2.11. The number of aromatic nitrogens is 1. The maximum absolute atomic E-state index is 13.5. The van der Waals surface area contributed by atoms with Gasteiger partial charge < -0.3 is 9.67 Å². The Morgan fingerprint density at radius 2 is 2.04 bits per heavy atom. The lowest BCUT2D eigenvalue weighted by atomic mass is 9.99. The fourth-order valence-corrected chi connectivity index (χ4v) is 4.65. The maximum Gasteiger partial charge on any atom is 0.313 e. The second-order valence-corrected chi connectivity index (χ2v) is 7.31. The smallest absolute Gasteiger partial charge is 0.313 e. The van der Waals surface area contributed by atoms with E-state index in [0.29, 0.717) is 17.8 Å². The summed E-state index contributed by atoms with van der Waals surface area (Å²) >= 11 is 1.63. The van der Waals surface area contributed by atoms with E-state index in [9.17, 15) is 9.59 Å². The van der Waals surface area contributed by atoms with Gasteiger partial charge in [-0.1, -0.05) is 12.1 Å². The SMILES string of the molecule is CCn1c(C(=O)C2=C(C)[N+](=CCC(=O)O)c3ccccc32)cc2ccsc21. The number of hydrogen-bond donors (Lipinski definition) is 1. The molecule has 6 heteroatoms. The first-order chi connectivity index (χ1) is 13.0. The van der Waals surface area contributed by atoms with Crippen molar-refractivity contribution in [2.45, 2.75) is 26.8 Å². The van der Waals surface area contributed by atoms with Gasteiger partial charge >= 0.3 is 5.97 Å². The number of allylic oxidation sites excluding steroid dienone is 2. The summed E-state index contributed by atoms with van der Waals surface area (Å²) in [6.07, 6.45) is 1.52. The molecule has 0 aliphatic carbocycles. The van der Waals surface area contributed by atoms with Crippen LogP contribution in [0, 0.1) is 0 Å². The second-order valence-electron chi connectivity index (χ2n) is 6.41. The van der Waals surface area contributed by atoms with Crippen molar-refractivity contribution in [1.29, 1.82) is 0 Å². The van der Waals surface area contributed by atoms with Crippen LogP contribution in [0.1, 0.15) is 36.3 Å². The standard InChI is InChI=1S/C21H18N2O3S/c1-3-22-17(12-14-9-11-27-21(14)22)20(26)19-13(2)23(10-8-18(24)25)16-7-5-4-6-15(16)19/h4-7,9-12H,3,8H2,1-2H3/p+1. The predicted molar refractivity (Wildman–Crippen MR) is 107 cm³/mol. The first-order valence-electron chi connectivity index (χ1n) is 8.79. The molecule has 5 nitrogen and oxygen atoms in total. The topological polar surface area (TPSA) is 62.3 Å². The third kappa shape index (κ3) is 2.73. The molecule has 1 aliphatic rings. The number of carboxylic acid groups (broad SMARTS) is 1. The highest BCUT2D eigenvalue weighted by Gasteiger charge is 2.36. The number of benzene rings is 1. The molecule has 27 heavy (non-hydrogen) atoms. The summed E-state index contributed by atoms with van der Waals surface area (Å²) in [5.41, 5.74) is 3.75. The van der Waals surface area contributed by atoms with Crippen molar-refractivity contribution < 1.29 is 19.3 Å². The summed E-state index contributed by atoms with van der Waals surface area (Å²) in [5.74, 6) is -0.934. The number of hydrogen-bond acceptors (Lipinski definition) is 3. The Balaban J connectivity index is 1.88. The number of aryl methyl sites for hydroxylation is 1. The number of Topliss-reactive ketones (excluding diaryl/α,β-unsaturated/α-hetero) is 1. The van der Waals surface area contributed by atoms with Gasteiger partial charge in [0.05, 0.1) is 11.3 Å². The van der Waals surface area contributed by atoms with Crippen LogP contribution in [0.4, 0.5) is 5.69 Å². The van der Waals surface area contributed by atoms with Gasteiger partial charge in [0.2, 0.25) is 11.5 Å². The minimum absolute atomic E-state index is 0.0311. The molecule has 3 heterocycles. The van der Waals surface area contributed by atoms with E-state index >= 15 is 0 Å². The molecule has 1 aliphatic heterocycles. The number of para-hydroxylation sites is 1. The third-order valence-corrected chi connectivity index (χ3v) is 5.83. The number of carbonyl (C=O) groups excluding carboxylic acids is 1. The number of fused-ring (bicyclic) bond motifs is 2. The van der Waals surface area contributed by atoms with Crippen LogP contribution in [0.15, 0.2) is 47.5 Å². The average molecular weight is 379 g/mol. The first kappa shape index (κ1) is 17.4. The molecule has 136 valence electrons. The zero-order valence-electron chi connectivity index (χ0n) is 15.1. The number of carbonyl (C=O) groups is 2. The van der Waals surface area contributed by atoms with Crippen LogP contribution in [-0.4, -0.2) is 32.2 Å². The van der Waals surface area contributed by atoms with Crippen molar-refractivity contribution >= 4 is 50.8 Å². The zero-order chi connectivity index (χ0) is 19.1. The highest BCUT2D eigenvalue weighted by atomic mass is 32.1. The van der Waals surface area contributed by atoms with Gasteiger partial charge in [-0.15, -0.1) is 11.3 Å². The van der Waals surface area contributed by atoms with Gasteiger partial charge in [0, 0.05) is 24.9 Å². The highest BCUT2D eigenvalue weighted by Crippen LogP contribution is 2.40. The Hall–Kier alpha value is -2.99. The highest BCUT2D eigenvalue weighted by molar-refractivity contribution is 7.16. The van der Waals surface area contributed by atoms with Crippen molar-refractivity contribution in [3.8, 4) is 0 Å². The Kier molecular flexibility index (Phi) is 4.28. The Labute approximate surface area is 160 Å². The van der Waals surface area contributed by atoms with Crippen LogP contribution in [0.5, 0.6) is 0 Å². The van der Waals surface area contributed by atoms with Gasteiger partial charge in [-0.25, -0.2) is 0 Å². The predicted octanol–water partition coefficient (Wildman–Crippen LogP) is 4.54. The lowest BCUT2D eigenvalue weighted by Gasteiger charge is -2.06. The van der Waals surface area contributed by atoms with Crippen molar-refractivity contribution in [1.82, 2.24) is 4.57 Å². The Bertz CT molecular complexity index is 1150. The summed E-state index contributed by atoms with van der Waals surface area (Å²) < 4.78 is 3.87. The van der Waals surface area contributed by atoms with Gasteiger partial charge in [-0.3, -0.25) is 9.59 Å². The molecule has 2 aromatic heterocycles. The van der Waals surface area contributed by atoms with E-state index in [1.54, 1.807) is 17.6 Å². The maximum atomic E-state index is 13.5. The molecule has 1 N–H and O–H groups in total. The van der Waals surface area contributed by atoms with Crippen molar-refractivity contribution in [3.05, 3.63) is 58.7 Å². The summed E-state index contributed by atoms with van der Waals surface area (Å²) in [5, 5.41) is 12.1. The molecule has 0 unspecified atom stereocenters. The molecule has 3 aromatic rings. The van der Waals surface area contributed by atoms with Crippen molar-refractivity contribution in [3.63, 3.8) is 0 Å². The normalized spacial score (nSPS) is 15.0. The third-order valence-electron chi connectivity index (χ3n) is 4.88. The molecule has 0 spiro atoms. The van der Waals surface area contributed by atoms with E-state index in [-0.39, 0.29) is 12.2 Å². The molecule has 1 aromatic carbocycles. The number of carboxylic acids is 1. The van der Waals surface area contributed by atoms with Gasteiger partial charge in [0.25, 0.3) is 0 Å². The van der Waals surface area contributed by atoms with Crippen LogP contribution in [0.3, 0.4) is 0 Å². The minimum atomic E-state index is -0.903. The average Bonchev–Trinajstić information content (AvgIpc) is 3.30. The lowest BCUT2D eigenvalue weighted by molar-refractivity contribution is -0.373. The molecular weight excluding hydrogens is 360 g/mol. The van der Waals surface area contributed by atoms with Crippen LogP contribution in [0.25, 0.3) is 15.8 Å². The van der Waals surface area contributed by atoms with Gasteiger partial charge in [-0.2, -0.15) is 4.58 Å². The first-order valence-corrected chi connectivity index (χ1v) is 9.67. The van der Waals surface area contributed by atoms with Crippen LogP contribution in [0.2, 0.25) is 0 Å². The monoisotopic (exact) mass is 379 g/mol. The van der Waals surface area contributed by atoms with Gasteiger partial charge in [-0.05, 0) is 30.5 Å². The summed E-state index contributed by atoms with van der Waals surface area (Å²) in [7, 11) is 0. The van der Waals surface area contributed by atoms with Gasteiger partial charge in [0.15, 0.2) is 11.9 Å². The number of ketones is 1. The van der Waals surface area contributed by atoms with E-state index in [0.717, 1.165) is 27.2 Å². The van der Waals surface area contributed by atoms with E-state index < -0.39 is 5.97 Å². The minimum Gasteiger partial charge on any atom is -0.481 e. The van der Waals surface area contributed by atoms with E-state index in [4.69, 9.17) is 5.11 Å². The van der Waals surface area contributed by atoms with Crippen molar-refractivity contribution in [2.24, 2.45) is 0 Å². The molecule has 0 amide bonds. The molecule has 0 bridgehead atoms. The number of nitrogens with zero attached hydrogens (tertiary/aromatic N) is 2. The summed E-state index contributed by atoms with van der Waals surface area (Å²) in [6, 6.07) is 11.6. The van der Waals surface area contributed by atoms with Crippen LogP contribution < -0.4 is 0 Å². The van der Waals surface area contributed by atoms with Crippen LogP contribution in [-0.2, 0) is 11.3 Å². The molecular formula is C21H19N2O3S+. The van der Waals surface area contributed by atoms with Gasteiger partial charge in [0.1, 0.15) is 16.8 Å². The molecule has 4 rings (SSSR count). The molecule has 0 atom stereocenters. The molecule has 0 fully saturated rings. The molecule has 0 radical (unpaired) electrons. The summed E-state index contributed by atoms with van der Waals surface area (Å²) in [4.78, 5) is 25.6. The second kappa shape index (κ2) is 6.63.